The Morgan fingerprint density at radius 2 is 2.17 bits per heavy atom. The molecule has 1 N–H and O–H groups in total. The summed E-state index contributed by atoms with van der Waals surface area (Å²) in [5.74, 6) is 0.985. The van der Waals surface area contributed by atoms with Gasteiger partial charge in [-0.2, -0.15) is 4.52 Å². The summed E-state index contributed by atoms with van der Waals surface area (Å²) in [7, 11) is 0. The second-order valence-corrected chi connectivity index (χ2v) is 8.23. The van der Waals surface area contributed by atoms with Crippen molar-refractivity contribution in [1.29, 1.82) is 0 Å². The lowest BCUT2D eigenvalue weighted by molar-refractivity contribution is -0.125. The molecule has 0 aliphatic carbocycles. The monoisotopic (exact) mass is 415 g/mol. The second kappa shape index (κ2) is 8.77. The van der Waals surface area contributed by atoms with Crippen molar-refractivity contribution in [1.82, 2.24) is 19.9 Å². The zero-order valence-electron chi connectivity index (χ0n) is 16.5. The molecule has 1 amide bonds. The predicted molar refractivity (Wildman–Crippen MR) is 111 cm³/mol. The maximum absolute atomic E-state index is 12.4. The van der Waals surface area contributed by atoms with Crippen molar-refractivity contribution in [3.05, 3.63) is 46.3 Å². The van der Waals surface area contributed by atoms with Crippen molar-refractivity contribution in [2.24, 2.45) is 5.92 Å². The fourth-order valence-electron chi connectivity index (χ4n) is 3.60. The first-order valence-corrected chi connectivity index (χ1v) is 10.9. The average molecular weight is 416 g/mol. The van der Waals surface area contributed by atoms with Gasteiger partial charge in [-0.25, -0.2) is 4.98 Å². The Hall–Kier alpha value is -2.68. The van der Waals surface area contributed by atoms with Gasteiger partial charge in [0.05, 0.1) is 6.26 Å². The maximum atomic E-state index is 12.4. The van der Waals surface area contributed by atoms with Gasteiger partial charge in [0.25, 0.3) is 5.56 Å². The molecule has 1 aliphatic rings. The van der Waals surface area contributed by atoms with Gasteiger partial charge in [0, 0.05) is 43.7 Å². The van der Waals surface area contributed by atoms with Crippen LogP contribution >= 0.6 is 11.3 Å². The van der Waals surface area contributed by atoms with Crippen molar-refractivity contribution in [2.45, 2.75) is 39.0 Å². The van der Waals surface area contributed by atoms with Gasteiger partial charge in [-0.1, -0.05) is 24.7 Å². The minimum absolute atomic E-state index is 0.00855. The Labute approximate surface area is 172 Å². The van der Waals surface area contributed by atoms with Gasteiger partial charge < -0.3 is 14.6 Å². The van der Waals surface area contributed by atoms with Crippen LogP contribution in [0.15, 0.2) is 33.7 Å². The Balaban J connectivity index is 1.33. The molecule has 1 saturated heterocycles. The number of fused-ring (bicyclic) bond motifs is 1. The van der Waals surface area contributed by atoms with Crippen LogP contribution in [0.2, 0.25) is 0 Å². The van der Waals surface area contributed by atoms with Crippen LogP contribution in [0, 0.1) is 5.92 Å². The van der Waals surface area contributed by atoms with Crippen molar-refractivity contribution in [3.63, 3.8) is 0 Å². The quantitative estimate of drug-likeness (QED) is 0.636. The molecule has 9 heteroatoms. The number of aromatic nitrogens is 3. The van der Waals surface area contributed by atoms with Crippen LogP contribution in [0.4, 0.5) is 5.13 Å². The lowest BCUT2D eigenvalue weighted by atomic mass is 9.96. The first-order valence-electron chi connectivity index (χ1n) is 10.1. The predicted octanol–water partition coefficient (Wildman–Crippen LogP) is 2.27. The highest BCUT2D eigenvalue weighted by molar-refractivity contribution is 7.20. The number of furan rings is 1. The summed E-state index contributed by atoms with van der Waals surface area (Å²) in [6.45, 7) is 4.14. The number of rotatable bonds is 7. The summed E-state index contributed by atoms with van der Waals surface area (Å²) in [4.78, 5) is 32.0. The van der Waals surface area contributed by atoms with E-state index in [0.717, 1.165) is 55.4 Å². The summed E-state index contributed by atoms with van der Waals surface area (Å²) in [5.41, 5.74) is 0.685. The van der Waals surface area contributed by atoms with Crippen molar-refractivity contribution in [3.8, 4) is 0 Å². The van der Waals surface area contributed by atoms with E-state index in [9.17, 15) is 9.59 Å². The number of carbonyl (C=O) groups is 1. The van der Waals surface area contributed by atoms with Crippen LogP contribution in [0.25, 0.3) is 4.96 Å². The van der Waals surface area contributed by atoms with Gasteiger partial charge in [-0.15, -0.1) is 5.10 Å². The SMILES string of the molecule is CCCc1cc(=O)n2nc(N3CCC(C(=O)NCCc4ccco4)CC3)sc2n1. The van der Waals surface area contributed by atoms with Crippen molar-refractivity contribution >= 4 is 27.3 Å². The Bertz CT molecular complexity index is 1020. The number of nitrogens with one attached hydrogen (secondary N) is 1. The molecule has 0 aromatic carbocycles. The summed E-state index contributed by atoms with van der Waals surface area (Å²) in [6.07, 6.45) is 5.62. The van der Waals surface area contributed by atoms with E-state index in [1.54, 1.807) is 12.3 Å². The van der Waals surface area contributed by atoms with E-state index in [1.165, 1.54) is 15.9 Å². The van der Waals surface area contributed by atoms with Gasteiger partial charge in [0.2, 0.25) is 16.0 Å². The molecule has 154 valence electrons. The van der Waals surface area contributed by atoms with Gasteiger partial charge in [0.1, 0.15) is 5.76 Å². The van der Waals surface area contributed by atoms with Crippen molar-refractivity contribution < 1.29 is 9.21 Å². The van der Waals surface area contributed by atoms with Gasteiger partial charge in [0.15, 0.2) is 0 Å². The minimum atomic E-state index is -0.133. The van der Waals surface area contributed by atoms with E-state index in [-0.39, 0.29) is 17.4 Å². The molecule has 0 bridgehead atoms. The van der Waals surface area contributed by atoms with E-state index < -0.39 is 0 Å². The van der Waals surface area contributed by atoms with E-state index in [4.69, 9.17) is 4.42 Å². The molecule has 0 unspecified atom stereocenters. The lowest BCUT2D eigenvalue weighted by Crippen LogP contribution is -2.41. The first kappa shape index (κ1) is 19.6. The molecule has 3 aromatic heterocycles. The molecule has 3 aromatic rings. The van der Waals surface area contributed by atoms with Gasteiger partial charge in [-0.3, -0.25) is 9.59 Å². The number of aryl methyl sites for hydroxylation is 1. The molecular formula is C20H25N5O3S. The van der Waals surface area contributed by atoms with Crippen molar-refractivity contribution in [2.75, 3.05) is 24.5 Å². The number of hydrogen-bond acceptors (Lipinski definition) is 7. The number of nitrogens with zero attached hydrogens (tertiary/aromatic N) is 4. The second-order valence-electron chi connectivity index (χ2n) is 7.30. The highest BCUT2D eigenvalue weighted by atomic mass is 32.1. The highest BCUT2D eigenvalue weighted by Crippen LogP contribution is 2.27. The molecule has 0 saturated carbocycles. The fourth-order valence-corrected chi connectivity index (χ4v) is 4.58. The molecule has 1 fully saturated rings. The number of anilines is 1. The van der Waals surface area contributed by atoms with Gasteiger partial charge >= 0.3 is 0 Å². The molecule has 0 radical (unpaired) electrons. The molecule has 1 aliphatic heterocycles. The first-order chi connectivity index (χ1) is 14.1. The van der Waals surface area contributed by atoms with E-state index in [1.807, 2.05) is 12.1 Å². The van der Waals surface area contributed by atoms with Gasteiger partial charge in [-0.05, 0) is 31.4 Å². The van der Waals surface area contributed by atoms with Crippen LogP contribution in [-0.2, 0) is 17.6 Å². The Kier molecular flexibility index (Phi) is 5.94. The zero-order chi connectivity index (χ0) is 20.2. The number of piperidine rings is 1. The maximum Gasteiger partial charge on any atom is 0.275 e. The largest absolute Gasteiger partial charge is 0.469 e. The molecule has 0 spiro atoms. The summed E-state index contributed by atoms with van der Waals surface area (Å²) in [6, 6.07) is 5.33. The number of hydrogen-bond donors (Lipinski definition) is 1. The Morgan fingerprint density at radius 1 is 1.34 bits per heavy atom. The van der Waals surface area contributed by atoms with Crippen LogP contribution in [0.3, 0.4) is 0 Å². The standard InChI is InChI=1S/C20H25N5O3S/c1-2-4-15-13-17(26)25-19(22-15)29-20(23-25)24-10-7-14(8-11-24)18(27)21-9-6-16-5-3-12-28-16/h3,5,12-14H,2,4,6-11H2,1H3,(H,21,27). The smallest absolute Gasteiger partial charge is 0.275 e. The molecule has 4 heterocycles. The van der Waals surface area contributed by atoms with E-state index in [0.29, 0.717) is 17.9 Å². The van der Waals surface area contributed by atoms with Crippen LogP contribution in [0.5, 0.6) is 0 Å². The molecular weight excluding hydrogens is 390 g/mol. The summed E-state index contributed by atoms with van der Waals surface area (Å²) >= 11 is 1.44. The molecule has 8 nitrogen and oxygen atoms in total. The third kappa shape index (κ3) is 4.50. The molecule has 0 atom stereocenters. The molecule has 29 heavy (non-hydrogen) atoms. The van der Waals surface area contributed by atoms with Crippen LogP contribution in [0.1, 0.15) is 37.6 Å². The van der Waals surface area contributed by atoms with E-state index in [2.05, 4.69) is 27.2 Å². The lowest BCUT2D eigenvalue weighted by Gasteiger charge is -2.30. The fraction of sp³-hybridized carbons (Fsp3) is 0.500. The third-order valence-electron chi connectivity index (χ3n) is 5.18. The summed E-state index contributed by atoms with van der Waals surface area (Å²) in [5, 5.41) is 8.26. The highest BCUT2D eigenvalue weighted by Gasteiger charge is 2.26. The number of amides is 1. The zero-order valence-corrected chi connectivity index (χ0v) is 17.3. The van der Waals surface area contributed by atoms with E-state index >= 15 is 0 Å². The van der Waals surface area contributed by atoms with Crippen LogP contribution in [-0.4, -0.2) is 40.1 Å². The normalized spacial score (nSPS) is 15.1. The Morgan fingerprint density at radius 3 is 2.90 bits per heavy atom. The molecule has 4 rings (SSSR count). The minimum Gasteiger partial charge on any atom is -0.469 e. The third-order valence-corrected chi connectivity index (χ3v) is 6.15. The topological polar surface area (TPSA) is 92.7 Å². The van der Waals surface area contributed by atoms with Crippen LogP contribution < -0.4 is 15.8 Å². The summed E-state index contributed by atoms with van der Waals surface area (Å²) < 4.78 is 6.67. The number of carbonyl (C=O) groups excluding carboxylic acids is 1. The average Bonchev–Trinajstić information content (AvgIpc) is 3.38.